The molecule has 0 spiro atoms. The summed E-state index contributed by atoms with van der Waals surface area (Å²) in [5.74, 6) is 0.200. The van der Waals surface area contributed by atoms with Gasteiger partial charge >= 0.3 is 6.09 Å². The number of amides is 1. The molecule has 1 atom stereocenters. The van der Waals surface area contributed by atoms with Crippen molar-refractivity contribution in [3.05, 3.63) is 59.7 Å². The Hall–Kier alpha value is -2.37. The molecular formula is C21H25NO4. The lowest BCUT2D eigenvalue weighted by Gasteiger charge is -2.22. The second-order valence-electron chi connectivity index (χ2n) is 7.12. The second-order valence-corrected chi connectivity index (χ2v) is 7.12. The van der Waals surface area contributed by atoms with Gasteiger partial charge in [0.2, 0.25) is 0 Å². The van der Waals surface area contributed by atoms with Crippen molar-refractivity contribution >= 4 is 6.09 Å². The van der Waals surface area contributed by atoms with E-state index in [0.717, 1.165) is 11.1 Å². The molecule has 3 rings (SSSR count). The monoisotopic (exact) mass is 355 g/mol. The molecule has 2 aromatic rings. The average molecular weight is 355 g/mol. The molecule has 138 valence electrons. The Morgan fingerprint density at radius 1 is 1.04 bits per heavy atom. The predicted molar refractivity (Wildman–Crippen MR) is 99.7 cm³/mol. The van der Waals surface area contributed by atoms with Crippen LogP contribution in [0.5, 0.6) is 0 Å². The molecule has 1 unspecified atom stereocenters. The van der Waals surface area contributed by atoms with Crippen molar-refractivity contribution < 1.29 is 19.7 Å². The summed E-state index contributed by atoms with van der Waals surface area (Å²) in [5, 5.41) is 21.4. The van der Waals surface area contributed by atoms with Crippen molar-refractivity contribution in [3.8, 4) is 11.1 Å². The zero-order chi connectivity index (χ0) is 18.7. The number of rotatable bonds is 6. The van der Waals surface area contributed by atoms with Crippen LogP contribution in [0.3, 0.4) is 0 Å². The molecule has 2 aromatic carbocycles. The molecule has 5 heteroatoms. The Morgan fingerprint density at radius 2 is 1.58 bits per heavy atom. The molecule has 0 bridgehead atoms. The number of aliphatic hydroxyl groups is 2. The Kier molecular flexibility index (Phi) is 5.59. The first kappa shape index (κ1) is 18.4. The summed E-state index contributed by atoms with van der Waals surface area (Å²) in [6.45, 7) is 4.11. The normalized spacial score (nSPS) is 14.2. The Bertz CT molecular complexity index is 727. The zero-order valence-corrected chi connectivity index (χ0v) is 15.1. The molecule has 0 fully saturated rings. The van der Waals surface area contributed by atoms with Gasteiger partial charge in [-0.1, -0.05) is 62.4 Å². The van der Waals surface area contributed by atoms with E-state index in [9.17, 15) is 15.0 Å². The number of carbonyl (C=O) groups is 1. The zero-order valence-electron chi connectivity index (χ0n) is 15.1. The van der Waals surface area contributed by atoms with Crippen LogP contribution < -0.4 is 5.32 Å². The van der Waals surface area contributed by atoms with E-state index < -0.39 is 18.4 Å². The first-order valence-corrected chi connectivity index (χ1v) is 8.95. The quantitative estimate of drug-likeness (QED) is 0.695. The number of carbonyl (C=O) groups excluding carboxylic acids is 1. The summed E-state index contributed by atoms with van der Waals surface area (Å²) >= 11 is 0. The minimum atomic E-state index is -1.61. The highest BCUT2D eigenvalue weighted by Crippen LogP contribution is 2.44. The summed E-state index contributed by atoms with van der Waals surface area (Å²) < 4.78 is 5.43. The maximum Gasteiger partial charge on any atom is 0.407 e. The van der Waals surface area contributed by atoms with Crippen molar-refractivity contribution in [3.63, 3.8) is 0 Å². The number of ether oxygens (including phenoxy) is 1. The van der Waals surface area contributed by atoms with Gasteiger partial charge in [0.1, 0.15) is 6.61 Å². The third-order valence-corrected chi connectivity index (χ3v) is 4.73. The summed E-state index contributed by atoms with van der Waals surface area (Å²) in [4.78, 5) is 12.2. The van der Waals surface area contributed by atoms with E-state index in [4.69, 9.17) is 4.74 Å². The maximum absolute atomic E-state index is 12.2. The van der Waals surface area contributed by atoms with E-state index in [0.29, 0.717) is 6.42 Å². The molecule has 5 nitrogen and oxygen atoms in total. The number of alkyl carbamates (subject to hydrolysis) is 1. The summed E-state index contributed by atoms with van der Waals surface area (Å²) in [7, 11) is 0. The van der Waals surface area contributed by atoms with Crippen LogP contribution in [0.4, 0.5) is 4.79 Å². The van der Waals surface area contributed by atoms with Gasteiger partial charge in [-0.2, -0.15) is 0 Å². The second kappa shape index (κ2) is 7.89. The van der Waals surface area contributed by atoms with Crippen LogP contribution in [-0.4, -0.2) is 35.2 Å². The number of nitrogens with one attached hydrogen (secondary N) is 1. The van der Waals surface area contributed by atoms with Gasteiger partial charge in [0.15, 0.2) is 6.29 Å². The van der Waals surface area contributed by atoms with Crippen LogP contribution in [0.25, 0.3) is 11.1 Å². The van der Waals surface area contributed by atoms with Gasteiger partial charge in [-0.05, 0) is 34.6 Å². The highest BCUT2D eigenvalue weighted by atomic mass is 16.5. The van der Waals surface area contributed by atoms with Crippen molar-refractivity contribution in [2.75, 3.05) is 6.61 Å². The number of hydrogen-bond donors (Lipinski definition) is 3. The van der Waals surface area contributed by atoms with Gasteiger partial charge in [0, 0.05) is 5.92 Å². The fraction of sp³-hybridized carbons (Fsp3) is 0.381. The SMILES string of the molecule is CC(C)CC(NC(=O)OCC1c2ccccc2-c2ccccc21)C(O)O. The van der Waals surface area contributed by atoms with Gasteiger partial charge in [-0.15, -0.1) is 0 Å². The van der Waals surface area contributed by atoms with Crippen LogP contribution >= 0.6 is 0 Å². The standard InChI is InChI=1S/C21H25NO4/c1-13(2)11-19(20(23)24)22-21(25)26-12-18-16-9-5-3-7-14(16)15-8-4-6-10-17(15)18/h3-10,13,18-20,23-24H,11-12H2,1-2H3,(H,22,25). The predicted octanol–water partition coefficient (Wildman–Crippen LogP) is 3.25. The summed E-state index contributed by atoms with van der Waals surface area (Å²) in [6, 6.07) is 15.5. The molecule has 0 aliphatic heterocycles. The van der Waals surface area contributed by atoms with Crippen LogP contribution in [0, 0.1) is 5.92 Å². The highest BCUT2D eigenvalue weighted by Gasteiger charge is 2.29. The van der Waals surface area contributed by atoms with Crippen molar-refractivity contribution in [2.24, 2.45) is 5.92 Å². The topological polar surface area (TPSA) is 78.8 Å². The Labute approximate surface area is 153 Å². The molecule has 0 saturated heterocycles. The molecule has 3 N–H and O–H groups in total. The molecule has 0 saturated carbocycles. The fourth-order valence-electron chi connectivity index (χ4n) is 3.55. The van der Waals surface area contributed by atoms with Crippen molar-refractivity contribution in [2.45, 2.75) is 38.5 Å². The van der Waals surface area contributed by atoms with Crippen LogP contribution in [0.2, 0.25) is 0 Å². The highest BCUT2D eigenvalue weighted by molar-refractivity contribution is 5.79. The minimum Gasteiger partial charge on any atom is -0.449 e. The minimum absolute atomic E-state index is 0.0178. The molecule has 0 radical (unpaired) electrons. The van der Waals surface area contributed by atoms with Gasteiger partial charge in [-0.3, -0.25) is 0 Å². The van der Waals surface area contributed by atoms with E-state index >= 15 is 0 Å². The van der Waals surface area contributed by atoms with E-state index in [-0.39, 0.29) is 18.4 Å². The van der Waals surface area contributed by atoms with E-state index in [2.05, 4.69) is 29.6 Å². The van der Waals surface area contributed by atoms with E-state index in [1.807, 2.05) is 38.1 Å². The van der Waals surface area contributed by atoms with Gasteiger partial charge in [-0.25, -0.2) is 4.79 Å². The fourth-order valence-corrected chi connectivity index (χ4v) is 3.55. The molecule has 0 heterocycles. The maximum atomic E-state index is 12.2. The van der Waals surface area contributed by atoms with Crippen LogP contribution in [0.1, 0.15) is 37.3 Å². The van der Waals surface area contributed by atoms with Gasteiger partial charge in [0.25, 0.3) is 0 Å². The lowest BCUT2D eigenvalue weighted by atomic mass is 9.98. The smallest absolute Gasteiger partial charge is 0.407 e. The molecule has 1 aliphatic rings. The Balaban J connectivity index is 1.69. The molecule has 1 aliphatic carbocycles. The first-order chi connectivity index (χ1) is 12.5. The Morgan fingerprint density at radius 3 is 2.08 bits per heavy atom. The van der Waals surface area contributed by atoms with Crippen molar-refractivity contribution in [1.29, 1.82) is 0 Å². The number of aliphatic hydroxyl groups excluding tert-OH is 1. The molecule has 0 aromatic heterocycles. The van der Waals surface area contributed by atoms with Crippen LogP contribution in [0.15, 0.2) is 48.5 Å². The van der Waals surface area contributed by atoms with E-state index in [1.165, 1.54) is 11.1 Å². The van der Waals surface area contributed by atoms with Crippen molar-refractivity contribution in [1.82, 2.24) is 5.32 Å². The summed E-state index contributed by atoms with van der Waals surface area (Å²) in [6.07, 6.45) is -1.79. The molecule has 26 heavy (non-hydrogen) atoms. The van der Waals surface area contributed by atoms with Crippen LogP contribution in [-0.2, 0) is 4.74 Å². The lowest BCUT2D eigenvalue weighted by Crippen LogP contribution is -2.44. The third-order valence-electron chi connectivity index (χ3n) is 4.73. The summed E-state index contributed by atoms with van der Waals surface area (Å²) in [5.41, 5.74) is 4.62. The van der Waals surface area contributed by atoms with Gasteiger partial charge < -0.3 is 20.3 Å². The van der Waals surface area contributed by atoms with Gasteiger partial charge in [0.05, 0.1) is 6.04 Å². The lowest BCUT2D eigenvalue weighted by molar-refractivity contribution is -0.0702. The first-order valence-electron chi connectivity index (χ1n) is 8.95. The average Bonchev–Trinajstić information content (AvgIpc) is 2.93. The third kappa shape index (κ3) is 3.89. The largest absolute Gasteiger partial charge is 0.449 e. The number of benzene rings is 2. The van der Waals surface area contributed by atoms with E-state index in [1.54, 1.807) is 0 Å². The molecular weight excluding hydrogens is 330 g/mol. The number of fused-ring (bicyclic) bond motifs is 3. The molecule has 1 amide bonds. The number of hydrogen-bond acceptors (Lipinski definition) is 4.